The first-order valence-electron chi connectivity index (χ1n) is 8.20. The number of rotatable bonds is 3. The van der Waals surface area contributed by atoms with Gasteiger partial charge in [-0.25, -0.2) is 4.79 Å². The van der Waals surface area contributed by atoms with Crippen LogP contribution in [0.3, 0.4) is 0 Å². The van der Waals surface area contributed by atoms with Crippen molar-refractivity contribution < 1.29 is 9.59 Å². The Labute approximate surface area is 136 Å². The molecule has 126 valence electrons. The molecule has 0 bridgehead atoms. The minimum absolute atomic E-state index is 0.0402. The first kappa shape index (κ1) is 16.0. The summed E-state index contributed by atoms with van der Waals surface area (Å²) in [7, 11) is 3.54. The van der Waals surface area contributed by atoms with Gasteiger partial charge in [0.15, 0.2) is 0 Å². The number of imide groups is 1. The van der Waals surface area contributed by atoms with E-state index in [1.54, 1.807) is 11.9 Å². The van der Waals surface area contributed by atoms with Crippen LogP contribution in [0.15, 0.2) is 6.20 Å². The van der Waals surface area contributed by atoms with Crippen LogP contribution in [0.25, 0.3) is 0 Å². The lowest BCUT2D eigenvalue weighted by Crippen LogP contribution is -2.56. The number of aryl methyl sites for hydroxylation is 1. The zero-order chi connectivity index (χ0) is 16.8. The van der Waals surface area contributed by atoms with Crippen molar-refractivity contribution in [3.8, 4) is 0 Å². The van der Waals surface area contributed by atoms with Crippen LogP contribution in [0.4, 0.5) is 4.79 Å². The lowest BCUT2D eigenvalue weighted by Gasteiger charge is -2.41. The van der Waals surface area contributed by atoms with Crippen LogP contribution < -0.4 is 0 Å². The van der Waals surface area contributed by atoms with Gasteiger partial charge in [0.2, 0.25) is 0 Å². The Morgan fingerprint density at radius 1 is 1.22 bits per heavy atom. The minimum Gasteiger partial charge on any atom is -0.310 e. The van der Waals surface area contributed by atoms with E-state index >= 15 is 0 Å². The lowest BCUT2D eigenvalue weighted by molar-refractivity contribution is -0.134. The number of likely N-dealkylation sites (N-methyl/N-ethyl adjacent to an activating group) is 2. The van der Waals surface area contributed by atoms with Crippen molar-refractivity contribution in [2.75, 3.05) is 26.7 Å². The smallest absolute Gasteiger partial charge is 0.310 e. The maximum Gasteiger partial charge on any atom is 0.327 e. The maximum atomic E-state index is 12.6. The number of hydrogen-bond donors (Lipinski definition) is 0. The molecule has 23 heavy (non-hydrogen) atoms. The topological polar surface area (TPSA) is 61.7 Å². The van der Waals surface area contributed by atoms with Crippen molar-refractivity contribution in [2.24, 2.45) is 7.05 Å². The Balaban J connectivity index is 1.71. The highest BCUT2D eigenvalue weighted by molar-refractivity contribution is 6.06. The monoisotopic (exact) mass is 319 g/mol. The van der Waals surface area contributed by atoms with Crippen LogP contribution in [-0.2, 0) is 18.4 Å². The van der Waals surface area contributed by atoms with E-state index in [1.807, 2.05) is 24.9 Å². The molecule has 0 N–H and O–H groups in total. The Morgan fingerprint density at radius 2 is 1.87 bits per heavy atom. The van der Waals surface area contributed by atoms with E-state index in [4.69, 9.17) is 0 Å². The van der Waals surface area contributed by atoms with Gasteiger partial charge in [-0.1, -0.05) is 0 Å². The van der Waals surface area contributed by atoms with Gasteiger partial charge in [-0.05, 0) is 26.7 Å². The van der Waals surface area contributed by atoms with Gasteiger partial charge in [0, 0.05) is 51.5 Å². The van der Waals surface area contributed by atoms with Crippen LogP contribution in [0.5, 0.6) is 0 Å². The second-order valence-electron chi connectivity index (χ2n) is 6.58. The number of likely N-dealkylation sites (tertiary alicyclic amines) is 1. The molecule has 2 aliphatic rings. The molecule has 7 nitrogen and oxygen atoms in total. The maximum absolute atomic E-state index is 12.6. The van der Waals surface area contributed by atoms with Crippen molar-refractivity contribution in [1.82, 2.24) is 24.5 Å². The highest BCUT2D eigenvalue weighted by Gasteiger charge is 2.56. The number of carbonyl (C=O) groups excluding carboxylic acids is 2. The van der Waals surface area contributed by atoms with Gasteiger partial charge < -0.3 is 4.90 Å². The van der Waals surface area contributed by atoms with Crippen molar-refractivity contribution in [3.63, 3.8) is 0 Å². The van der Waals surface area contributed by atoms with E-state index < -0.39 is 5.54 Å². The molecule has 0 saturated carbocycles. The molecular weight excluding hydrogens is 294 g/mol. The van der Waals surface area contributed by atoms with Gasteiger partial charge in [-0.2, -0.15) is 5.10 Å². The molecule has 0 aliphatic carbocycles. The Hall–Kier alpha value is -1.89. The molecular formula is C16H25N5O2. The Morgan fingerprint density at radius 3 is 2.39 bits per heavy atom. The van der Waals surface area contributed by atoms with Gasteiger partial charge in [-0.15, -0.1) is 0 Å². The molecule has 3 amide bonds. The van der Waals surface area contributed by atoms with E-state index in [-0.39, 0.29) is 11.9 Å². The van der Waals surface area contributed by atoms with Crippen LogP contribution in [0.2, 0.25) is 0 Å². The van der Waals surface area contributed by atoms with Crippen molar-refractivity contribution in [2.45, 2.75) is 38.8 Å². The molecule has 3 heterocycles. The Bertz CT molecular complexity index is 630. The Kier molecular flexibility index (Phi) is 3.91. The molecule has 2 fully saturated rings. The average molecular weight is 319 g/mol. The normalized spacial score (nSPS) is 21.7. The second-order valence-corrected chi connectivity index (χ2v) is 6.58. The first-order chi connectivity index (χ1) is 10.9. The van der Waals surface area contributed by atoms with Gasteiger partial charge in [0.05, 0.1) is 6.20 Å². The number of urea groups is 1. The second kappa shape index (κ2) is 5.63. The van der Waals surface area contributed by atoms with Gasteiger partial charge >= 0.3 is 6.03 Å². The summed E-state index contributed by atoms with van der Waals surface area (Å²) in [5, 5.41) is 4.29. The SMILES string of the molecule is CCN1C(=O)N(C)C(=O)C12CCN(Cc1cnn(C)c1C)CC2. The van der Waals surface area contributed by atoms with E-state index in [9.17, 15) is 9.59 Å². The number of piperidine rings is 1. The lowest BCUT2D eigenvalue weighted by atomic mass is 9.85. The van der Waals surface area contributed by atoms with Crippen molar-refractivity contribution >= 4 is 11.9 Å². The highest BCUT2D eigenvalue weighted by Crippen LogP contribution is 2.36. The van der Waals surface area contributed by atoms with E-state index in [1.165, 1.54) is 16.2 Å². The fourth-order valence-electron chi connectivity index (χ4n) is 3.82. The third kappa shape index (κ3) is 2.34. The van der Waals surface area contributed by atoms with Gasteiger partial charge in [0.1, 0.15) is 5.54 Å². The standard InChI is InChI=1S/C16H25N5O2/c1-5-21-15(23)18(3)14(22)16(21)6-8-20(9-7-16)11-13-10-17-19(4)12(13)2/h10H,5-9,11H2,1-4H3. The summed E-state index contributed by atoms with van der Waals surface area (Å²) in [5.74, 6) is -0.0402. The number of hydrogen-bond acceptors (Lipinski definition) is 4. The molecule has 7 heteroatoms. The van der Waals surface area contributed by atoms with Crippen molar-refractivity contribution in [3.05, 3.63) is 17.5 Å². The summed E-state index contributed by atoms with van der Waals surface area (Å²) in [6, 6.07) is -0.158. The average Bonchev–Trinajstić information content (AvgIpc) is 2.95. The molecule has 1 aromatic rings. The summed E-state index contributed by atoms with van der Waals surface area (Å²) < 4.78 is 1.88. The minimum atomic E-state index is -0.624. The molecule has 0 aromatic carbocycles. The predicted octanol–water partition coefficient (Wildman–Crippen LogP) is 0.977. The van der Waals surface area contributed by atoms with E-state index in [0.29, 0.717) is 19.4 Å². The number of carbonyl (C=O) groups is 2. The summed E-state index contributed by atoms with van der Waals surface area (Å²) in [6.45, 7) is 7.07. The molecule has 1 aromatic heterocycles. The number of amides is 3. The molecule has 2 saturated heterocycles. The zero-order valence-corrected chi connectivity index (χ0v) is 14.4. The first-order valence-corrected chi connectivity index (χ1v) is 8.20. The molecule has 0 radical (unpaired) electrons. The summed E-state index contributed by atoms with van der Waals surface area (Å²) in [5.41, 5.74) is 1.77. The summed E-state index contributed by atoms with van der Waals surface area (Å²) in [4.78, 5) is 30.2. The molecule has 1 spiro atoms. The zero-order valence-electron chi connectivity index (χ0n) is 14.4. The predicted molar refractivity (Wildman–Crippen MR) is 85.7 cm³/mol. The van der Waals surface area contributed by atoms with Gasteiger partial charge in [-0.3, -0.25) is 19.3 Å². The highest BCUT2D eigenvalue weighted by atomic mass is 16.2. The molecule has 0 atom stereocenters. The van der Waals surface area contributed by atoms with Gasteiger partial charge in [0.25, 0.3) is 5.91 Å². The molecule has 2 aliphatic heterocycles. The van der Waals surface area contributed by atoms with Crippen LogP contribution >= 0.6 is 0 Å². The number of aromatic nitrogens is 2. The molecule has 0 unspecified atom stereocenters. The summed E-state index contributed by atoms with van der Waals surface area (Å²) in [6.07, 6.45) is 3.32. The van der Waals surface area contributed by atoms with Crippen molar-refractivity contribution in [1.29, 1.82) is 0 Å². The van der Waals surface area contributed by atoms with E-state index in [2.05, 4.69) is 16.9 Å². The largest absolute Gasteiger partial charge is 0.327 e. The fraction of sp³-hybridized carbons (Fsp3) is 0.688. The fourth-order valence-corrected chi connectivity index (χ4v) is 3.82. The van der Waals surface area contributed by atoms with Crippen LogP contribution in [-0.4, -0.2) is 68.6 Å². The van der Waals surface area contributed by atoms with E-state index in [0.717, 1.165) is 19.6 Å². The third-order valence-electron chi connectivity index (χ3n) is 5.47. The van der Waals surface area contributed by atoms with Crippen LogP contribution in [0.1, 0.15) is 31.0 Å². The summed E-state index contributed by atoms with van der Waals surface area (Å²) >= 11 is 0. The number of nitrogens with zero attached hydrogens (tertiary/aromatic N) is 5. The van der Waals surface area contributed by atoms with Crippen LogP contribution in [0, 0.1) is 6.92 Å². The third-order valence-corrected chi connectivity index (χ3v) is 5.47. The molecule has 3 rings (SSSR count). The quantitative estimate of drug-likeness (QED) is 0.779.